The zero-order chi connectivity index (χ0) is 15.1. The molecule has 0 spiro atoms. The minimum atomic E-state index is 0.0196. The van der Waals surface area contributed by atoms with Crippen LogP contribution in [0.1, 0.15) is 65.2 Å². The SMILES string of the molecule is CC(C)CCNC(=O)NC1CCCN(C2CCCCC2)C1. The number of carbonyl (C=O) groups is 1. The lowest BCUT2D eigenvalue weighted by Crippen LogP contribution is -2.53. The monoisotopic (exact) mass is 295 g/mol. The van der Waals surface area contributed by atoms with E-state index in [0.29, 0.717) is 12.0 Å². The van der Waals surface area contributed by atoms with Gasteiger partial charge in [0.1, 0.15) is 0 Å². The van der Waals surface area contributed by atoms with E-state index < -0.39 is 0 Å². The number of amides is 2. The molecule has 2 amide bonds. The zero-order valence-corrected chi connectivity index (χ0v) is 13.9. The summed E-state index contributed by atoms with van der Waals surface area (Å²) in [6, 6.07) is 1.12. The highest BCUT2D eigenvalue weighted by Gasteiger charge is 2.27. The van der Waals surface area contributed by atoms with E-state index in [0.717, 1.165) is 32.0 Å². The first-order valence-corrected chi connectivity index (χ1v) is 8.93. The Morgan fingerprint density at radius 3 is 2.62 bits per heavy atom. The summed E-state index contributed by atoms with van der Waals surface area (Å²) >= 11 is 0. The molecule has 1 aliphatic heterocycles. The number of nitrogens with zero attached hydrogens (tertiary/aromatic N) is 1. The minimum Gasteiger partial charge on any atom is -0.338 e. The van der Waals surface area contributed by atoms with E-state index in [9.17, 15) is 4.79 Å². The van der Waals surface area contributed by atoms with Crippen molar-refractivity contribution < 1.29 is 4.79 Å². The van der Waals surface area contributed by atoms with Crippen LogP contribution in [0.25, 0.3) is 0 Å². The maximum atomic E-state index is 11.9. The number of hydrogen-bond donors (Lipinski definition) is 2. The van der Waals surface area contributed by atoms with Crippen LogP contribution in [0, 0.1) is 5.92 Å². The van der Waals surface area contributed by atoms with Gasteiger partial charge in [0.2, 0.25) is 0 Å². The van der Waals surface area contributed by atoms with E-state index in [1.54, 1.807) is 0 Å². The Bertz CT molecular complexity index is 313. The summed E-state index contributed by atoms with van der Waals surface area (Å²) in [7, 11) is 0. The van der Waals surface area contributed by atoms with Crippen molar-refractivity contribution in [3.05, 3.63) is 0 Å². The lowest BCUT2D eigenvalue weighted by Gasteiger charge is -2.40. The van der Waals surface area contributed by atoms with Crippen molar-refractivity contribution in [2.75, 3.05) is 19.6 Å². The third-order valence-electron chi connectivity index (χ3n) is 4.89. The van der Waals surface area contributed by atoms with Crippen molar-refractivity contribution in [3.63, 3.8) is 0 Å². The molecule has 1 atom stereocenters. The largest absolute Gasteiger partial charge is 0.338 e. The lowest BCUT2D eigenvalue weighted by atomic mass is 9.92. The zero-order valence-electron chi connectivity index (χ0n) is 13.9. The predicted octanol–water partition coefficient (Wildman–Crippen LogP) is 3.13. The number of urea groups is 1. The Labute approximate surface area is 130 Å². The normalized spacial score (nSPS) is 25.0. The molecule has 0 bridgehead atoms. The fourth-order valence-corrected chi connectivity index (χ4v) is 3.61. The number of hydrogen-bond acceptors (Lipinski definition) is 2. The van der Waals surface area contributed by atoms with E-state index in [-0.39, 0.29) is 6.03 Å². The van der Waals surface area contributed by atoms with Gasteiger partial charge in [-0.3, -0.25) is 4.90 Å². The van der Waals surface area contributed by atoms with Gasteiger partial charge in [-0.2, -0.15) is 0 Å². The lowest BCUT2D eigenvalue weighted by molar-refractivity contribution is 0.112. The molecule has 21 heavy (non-hydrogen) atoms. The number of carbonyl (C=O) groups excluding carboxylic acids is 1. The quantitative estimate of drug-likeness (QED) is 0.818. The molecule has 1 unspecified atom stereocenters. The van der Waals surface area contributed by atoms with Crippen LogP contribution >= 0.6 is 0 Å². The molecule has 2 aliphatic rings. The van der Waals surface area contributed by atoms with Crippen molar-refractivity contribution in [2.45, 2.75) is 77.3 Å². The molecule has 0 radical (unpaired) electrons. The molecule has 1 saturated carbocycles. The summed E-state index contributed by atoms with van der Waals surface area (Å²) in [6.07, 6.45) is 10.3. The summed E-state index contributed by atoms with van der Waals surface area (Å²) in [4.78, 5) is 14.6. The minimum absolute atomic E-state index is 0.0196. The highest BCUT2D eigenvalue weighted by atomic mass is 16.2. The highest BCUT2D eigenvalue weighted by molar-refractivity contribution is 5.74. The van der Waals surface area contributed by atoms with Gasteiger partial charge in [0.05, 0.1) is 0 Å². The Morgan fingerprint density at radius 1 is 1.14 bits per heavy atom. The van der Waals surface area contributed by atoms with E-state index >= 15 is 0 Å². The Kier molecular flexibility index (Phi) is 6.81. The standard InChI is InChI=1S/C17H33N3O/c1-14(2)10-11-18-17(21)19-15-7-6-12-20(13-15)16-8-4-3-5-9-16/h14-16H,3-13H2,1-2H3,(H2,18,19,21). The highest BCUT2D eigenvalue weighted by Crippen LogP contribution is 2.25. The second kappa shape index (κ2) is 8.62. The first-order valence-electron chi connectivity index (χ1n) is 8.93. The van der Waals surface area contributed by atoms with Crippen LogP contribution < -0.4 is 10.6 Å². The third-order valence-corrected chi connectivity index (χ3v) is 4.89. The molecule has 122 valence electrons. The van der Waals surface area contributed by atoms with Crippen LogP contribution in [0.3, 0.4) is 0 Å². The van der Waals surface area contributed by atoms with Gasteiger partial charge in [0.15, 0.2) is 0 Å². The molecule has 4 heteroatoms. The number of rotatable bonds is 5. The van der Waals surface area contributed by atoms with Crippen molar-refractivity contribution in [1.29, 1.82) is 0 Å². The molecule has 2 fully saturated rings. The molecule has 1 saturated heterocycles. The van der Waals surface area contributed by atoms with Gasteiger partial charge in [-0.25, -0.2) is 4.79 Å². The first-order chi connectivity index (χ1) is 10.1. The van der Waals surface area contributed by atoms with Crippen LogP contribution in [-0.4, -0.2) is 42.6 Å². The van der Waals surface area contributed by atoms with Crippen LogP contribution in [0.4, 0.5) is 4.79 Å². The molecule has 2 N–H and O–H groups in total. The summed E-state index contributed by atoms with van der Waals surface area (Å²) < 4.78 is 0. The smallest absolute Gasteiger partial charge is 0.315 e. The predicted molar refractivity (Wildman–Crippen MR) is 87.5 cm³/mol. The maximum absolute atomic E-state index is 11.9. The average molecular weight is 295 g/mol. The van der Waals surface area contributed by atoms with Gasteiger partial charge in [-0.1, -0.05) is 33.1 Å². The van der Waals surface area contributed by atoms with Crippen molar-refractivity contribution in [1.82, 2.24) is 15.5 Å². The average Bonchev–Trinajstić information content (AvgIpc) is 2.48. The number of piperidine rings is 1. The molecular formula is C17H33N3O. The van der Waals surface area contributed by atoms with Crippen molar-refractivity contribution in [2.24, 2.45) is 5.92 Å². The van der Waals surface area contributed by atoms with E-state index in [1.807, 2.05) is 0 Å². The first kappa shape index (κ1) is 16.6. The third kappa shape index (κ3) is 5.85. The van der Waals surface area contributed by atoms with Gasteiger partial charge in [-0.15, -0.1) is 0 Å². The molecule has 0 aromatic heterocycles. The van der Waals surface area contributed by atoms with Gasteiger partial charge in [0, 0.05) is 25.2 Å². The van der Waals surface area contributed by atoms with Gasteiger partial charge in [-0.05, 0) is 44.6 Å². The van der Waals surface area contributed by atoms with Gasteiger partial charge >= 0.3 is 6.03 Å². The Morgan fingerprint density at radius 2 is 1.90 bits per heavy atom. The number of likely N-dealkylation sites (tertiary alicyclic amines) is 1. The molecule has 0 aromatic carbocycles. The van der Waals surface area contributed by atoms with Gasteiger partial charge < -0.3 is 10.6 Å². The summed E-state index contributed by atoms with van der Waals surface area (Å²) in [5, 5.41) is 6.16. The Balaban J connectivity index is 1.69. The topological polar surface area (TPSA) is 44.4 Å². The van der Waals surface area contributed by atoms with Crippen LogP contribution in [0.2, 0.25) is 0 Å². The summed E-state index contributed by atoms with van der Waals surface area (Å²) in [6.45, 7) is 7.41. The Hall–Kier alpha value is -0.770. The molecule has 2 rings (SSSR count). The van der Waals surface area contributed by atoms with Gasteiger partial charge in [0.25, 0.3) is 0 Å². The second-order valence-electron chi connectivity index (χ2n) is 7.21. The van der Waals surface area contributed by atoms with Crippen LogP contribution in [0.5, 0.6) is 0 Å². The molecular weight excluding hydrogens is 262 g/mol. The summed E-state index contributed by atoms with van der Waals surface area (Å²) in [5.74, 6) is 0.641. The molecule has 1 heterocycles. The summed E-state index contributed by atoms with van der Waals surface area (Å²) in [5.41, 5.74) is 0. The fourth-order valence-electron chi connectivity index (χ4n) is 3.61. The number of nitrogens with one attached hydrogen (secondary N) is 2. The van der Waals surface area contributed by atoms with E-state index in [2.05, 4.69) is 29.4 Å². The van der Waals surface area contributed by atoms with E-state index in [1.165, 1.54) is 45.1 Å². The molecule has 1 aliphatic carbocycles. The van der Waals surface area contributed by atoms with E-state index in [4.69, 9.17) is 0 Å². The van der Waals surface area contributed by atoms with Crippen molar-refractivity contribution >= 4 is 6.03 Å². The van der Waals surface area contributed by atoms with Crippen LogP contribution in [0.15, 0.2) is 0 Å². The van der Waals surface area contributed by atoms with Crippen molar-refractivity contribution in [3.8, 4) is 0 Å². The fraction of sp³-hybridized carbons (Fsp3) is 0.941. The van der Waals surface area contributed by atoms with Crippen LogP contribution in [-0.2, 0) is 0 Å². The molecule has 0 aromatic rings. The maximum Gasteiger partial charge on any atom is 0.315 e. The molecule has 4 nitrogen and oxygen atoms in total. The second-order valence-corrected chi connectivity index (χ2v) is 7.21.